The van der Waals surface area contributed by atoms with Gasteiger partial charge in [0.25, 0.3) is 0 Å². The van der Waals surface area contributed by atoms with Crippen LogP contribution in [0.1, 0.15) is 25.3 Å². The Hall–Kier alpha value is -3.02. The summed E-state index contributed by atoms with van der Waals surface area (Å²) in [6.07, 6.45) is 1.46. The predicted octanol–water partition coefficient (Wildman–Crippen LogP) is 3.40. The van der Waals surface area contributed by atoms with E-state index in [1.165, 1.54) is 0 Å². The van der Waals surface area contributed by atoms with Gasteiger partial charge in [0.05, 0.1) is 12.3 Å². The number of urea groups is 1. The molecule has 1 aliphatic heterocycles. The minimum atomic E-state index is -0.476. The third kappa shape index (κ3) is 4.78. The summed E-state index contributed by atoms with van der Waals surface area (Å²) in [4.78, 5) is 27.0. The molecule has 6 nitrogen and oxygen atoms in total. The van der Waals surface area contributed by atoms with E-state index in [0.717, 1.165) is 12.0 Å². The van der Waals surface area contributed by atoms with Crippen molar-refractivity contribution in [3.63, 3.8) is 0 Å². The van der Waals surface area contributed by atoms with Crippen LogP contribution in [0.4, 0.5) is 10.5 Å². The minimum absolute atomic E-state index is 0.186. The van der Waals surface area contributed by atoms with Crippen molar-refractivity contribution < 1.29 is 14.3 Å². The topological polar surface area (TPSA) is 70.7 Å². The molecule has 2 N–H and O–H groups in total. The van der Waals surface area contributed by atoms with Gasteiger partial charge in [-0.05, 0) is 37.5 Å². The largest absolute Gasteiger partial charge is 0.492 e. The molecule has 0 bridgehead atoms. The normalized spacial score (nSPS) is 16.0. The second-order valence-electron chi connectivity index (χ2n) is 6.41. The van der Waals surface area contributed by atoms with E-state index in [0.29, 0.717) is 37.6 Å². The van der Waals surface area contributed by atoms with E-state index < -0.39 is 6.04 Å². The van der Waals surface area contributed by atoms with Gasteiger partial charge in [-0.15, -0.1) is 0 Å². The number of carbonyl (C=O) groups is 2. The fraction of sp³-hybridized carbons (Fsp3) is 0.333. The zero-order valence-corrected chi connectivity index (χ0v) is 15.5. The molecule has 1 unspecified atom stereocenters. The maximum atomic E-state index is 12.8. The monoisotopic (exact) mass is 367 g/mol. The summed E-state index contributed by atoms with van der Waals surface area (Å²) in [5.41, 5.74) is 1.65. The van der Waals surface area contributed by atoms with Gasteiger partial charge in [-0.2, -0.15) is 0 Å². The molecule has 1 saturated heterocycles. The van der Waals surface area contributed by atoms with Gasteiger partial charge in [-0.25, -0.2) is 4.79 Å². The van der Waals surface area contributed by atoms with Crippen LogP contribution in [-0.2, 0) is 11.3 Å². The van der Waals surface area contributed by atoms with Gasteiger partial charge in [0.1, 0.15) is 11.8 Å². The number of nitrogens with one attached hydrogen (secondary N) is 2. The van der Waals surface area contributed by atoms with Crippen LogP contribution < -0.4 is 15.4 Å². The highest BCUT2D eigenvalue weighted by Crippen LogP contribution is 2.26. The summed E-state index contributed by atoms with van der Waals surface area (Å²) in [5, 5.41) is 5.81. The van der Waals surface area contributed by atoms with Crippen molar-refractivity contribution in [2.75, 3.05) is 18.5 Å². The van der Waals surface area contributed by atoms with E-state index in [1.54, 1.807) is 11.0 Å². The van der Waals surface area contributed by atoms with E-state index in [2.05, 4.69) is 10.6 Å². The minimum Gasteiger partial charge on any atom is -0.492 e. The Morgan fingerprint density at radius 2 is 1.85 bits per heavy atom. The lowest BCUT2D eigenvalue weighted by atomic mass is 10.2. The fourth-order valence-electron chi connectivity index (χ4n) is 3.22. The first kappa shape index (κ1) is 18.8. The van der Waals surface area contributed by atoms with E-state index >= 15 is 0 Å². The van der Waals surface area contributed by atoms with Crippen LogP contribution in [0.25, 0.3) is 0 Å². The van der Waals surface area contributed by atoms with Gasteiger partial charge in [0.2, 0.25) is 5.91 Å². The van der Waals surface area contributed by atoms with Crippen LogP contribution >= 0.6 is 0 Å². The molecule has 1 atom stereocenters. The highest BCUT2D eigenvalue weighted by atomic mass is 16.5. The van der Waals surface area contributed by atoms with Gasteiger partial charge in [-0.3, -0.25) is 4.79 Å². The fourth-order valence-corrected chi connectivity index (χ4v) is 3.22. The number of hydrogen-bond donors (Lipinski definition) is 2. The van der Waals surface area contributed by atoms with Crippen molar-refractivity contribution in [1.29, 1.82) is 0 Å². The molecule has 27 heavy (non-hydrogen) atoms. The zero-order chi connectivity index (χ0) is 19.1. The number of benzene rings is 2. The summed E-state index contributed by atoms with van der Waals surface area (Å²) >= 11 is 0. The summed E-state index contributed by atoms with van der Waals surface area (Å²) < 4.78 is 5.55. The van der Waals surface area contributed by atoms with Crippen molar-refractivity contribution in [1.82, 2.24) is 10.2 Å². The number of para-hydroxylation sites is 2. The maximum absolute atomic E-state index is 12.8. The second-order valence-corrected chi connectivity index (χ2v) is 6.41. The molecule has 0 saturated carbocycles. The van der Waals surface area contributed by atoms with Crippen molar-refractivity contribution in [3.05, 3.63) is 60.2 Å². The van der Waals surface area contributed by atoms with E-state index in [1.807, 2.05) is 55.5 Å². The lowest BCUT2D eigenvalue weighted by Crippen LogP contribution is -2.47. The molecule has 6 heteroatoms. The summed E-state index contributed by atoms with van der Waals surface area (Å²) in [5.74, 6) is 0.445. The molecular formula is C21H25N3O3. The number of nitrogens with zero attached hydrogens (tertiary/aromatic N) is 1. The highest BCUT2D eigenvalue weighted by Gasteiger charge is 2.34. The number of amides is 3. The number of anilines is 1. The Bertz CT molecular complexity index is 779. The number of hydrogen-bond acceptors (Lipinski definition) is 3. The Balaban J connectivity index is 1.61. The first-order valence-corrected chi connectivity index (χ1v) is 9.30. The van der Waals surface area contributed by atoms with Crippen LogP contribution in [0.5, 0.6) is 5.75 Å². The van der Waals surface area contributed by atoms with Crippen LogP contribution in [0.15, 0.2) is 54.6 Å². The number of carbonyl (C=O) groups excluding carboxylic acids is 2. The molecule has 2 aromatic rings. The zero-order valence-electron chi connectivity index (χ0n) is 15.5. The third-order valence-electron chi connectivity index (χ3n) is 4.55. The Morgan fingerprint density at radius 3 is 2.63 bits per heavy atom. The molecule has 0 spiro atoms. The maximum Gasteiger partial charge on any atom is 0.318 e. The smallest absolute Gasteiger partial charge is 0.318 e. The molecule has 0 aromatic heterocycles. The summed E-state index contributed by atoms with van der Waals surface area (Å²) in [7, 11) is 0. The standard InChI is InChI=1S/C21H25N3O3/c1-2-27-19-13-7-6-11-17(19)23-20(25)18-12-8-14-24(18)21(26)22-15-16-9-4-3-5-10-16/h3-7,9-11,13,18H,2,8,12,14-15H2,1H3,(H,22,26)(H,23,25). The van der Waals surface area contributed by atoms with E-state index in [-0.39, 0.29) is 11.9 Å². The van der Waals surface area contributed by atoms with Crippen molar-refractivity contribution in [2.45, 2.75) is 32.4 Å². The molecule has 2 aromatic carbocycles. The SMILES string of the molecule is CCOc1ccccc1NC(=O)C1CCCN1C(=O)NCc1ccccc1. The molecule has 1 fully saturated rings. The average molecular weight is 367 g/mol. The predicted molar refractivity (Wildman–Crippen MR) is 105 cm³/mol. The van der Waals surface area contributed by atoms with E-state index in [4.69, 9.17) is 4.74 Å². The molecule has 3 amide bonds. The molecule has 142 valence electrons. The van der Waals surface area contributed by atoms with Crippen LogP contribution in [0.3, 0.4) is 0 Å². The molecule has 3 rings (SSSR count). The third-order valence-corrected chi connectivity index (χ3v) is 4.55. The number of likely N-dealkylation sites (tertiary alicyclic amines) is 1. The molecule has 0 aliphatic carbocycles. The molecular weight excluding hydrogens is 342 g/mol. The Labute approximate surface area is 159 Å². The van der Waals surface area contributed by atoms with Crippen molar-refractivity contribution in [3.8, 4) is 5.75 Å². The molecule has 1 heterocycles. The van der Waals surface area contributed by atoms with Gasteiger partial charge in [-0.1, -0.05) is 42.5 Å². The Morgan fingerprint density at radius 1 is 1.11 bits per heavy atom. The van der Waals surface area contributed by atoms with Crippen molar-refractivity contribution >= 4 is 17.6 Å². The Kier molecular flexibility index (Phi) is 6.30. The quantitative estimate of drug-likeness (QED) is 0.822. The van der Waals surface area contributed by atoms with Gasteiger partial charge in [0.15, 0.2) is 0 Å². The van der Waals surface area contributed by atoms with Crippen LogP contribution in [0.2, 0.25) is 0 Å². The molecule has 1 aliphatic rings. The highest BCUT2D eigenvalue weighted by molar-refractivity contribution is 5.98. The van der Waals surface area contributed by atoms with Crippen LogP contribution in [-0.4, -0.2) is 36.0 Å². The van der Waals surface area contributed by atoms with Gasteiger partial charge < -0.3 is 20.3 Å². The van der Waals surface area contributed by atoms with Gasteiger partial charge in [0, 0.05) is 13.1 Å². The second kappa shape index (κ2) is 9.07. The lowest BCUT2D eigenvalue weighted by Gasteiger charge is -2.24. The number of ether oxygens (including phenoxy) is 1. The van der Waals surface area contributed by atoms with Crippen molar-refractivity contribution in [2.24, 2.45) is 0 Å². The first-order valence-electron chi connectivity index (χ1n) is 9.30. The number of rotatable bonds is 6. The van der Waals surface area contributed by atoms with Gasteiger partial charge >= 0.3 is 6.03 Å². The average Bonchev–Trinajstić information content (AvgIpc) is 3.19. The molecule has 0 radical (unpaired) electrons. The van der Waals surface area contributed by atoms with E-state index in [9.17, 15) is 9.59 Å². The lowest BCUT2D eigenvalue weighted by molar-refractivity contribution is -0.119. The summed E-state index contributed by atoms with van der Waals surface area (Å²) in [6.45, 7) is 3.43. The first-order chi connectivity index (χ1) is 13.2. The summed E-state index contributed by atoms with van der Waals surface area (Å²) in [6, 6.07) is 16.4. The van der Waals surface area contributed by atoms with Crippen LogP contribution in [0, 0.1) is 0 Å².